The van der Waals surface area contributed by atoms with Gasteiger partial charge in [-0.2, -0.15) is 0 Å². The highest BCUT2D eigenvalue weighted by Crippen LogP contribution is 2.30. The number of nitro groups is 1. The van der Waals surface area contributed by atoms with Gasteiger partial charge < -0.3 is 20.5 Å². The SMILES string of the molecule is CB(O)Nc1cc(CN2CCC(C(=O)N3CCC(Nc4ccc(Cl)cc4[N+](=O)[O-])CC3)CC2)ccn1. The summed E-state index contributed by atoms with van der Waals surface area (Å²) in [6, 6.07) is 8.63. The third-order valence-electron chi connectivity index (χ3n) is 6.85. The Hall–Kier alpha value is -2.89. The number of hydrogen-bond donors (Lipinski definition) is 3. The van der Waals surface area contributed by atoms with Crippen molar-refractivity contribution in [2.45, 2.75) is 45.1 Å². The van der Waals surface area contributed by atoms with Crippen molar-refractivity contribution in [3.05, 3.63) is 57.2 Å². The second-order valence-corrected chi connectivity index (χ2v) is 10.0. The van der Waals surface area contributed by atoms with Crippen LogP contribution in [0, 0.1) is 16.0 Å². The number of aromatic nitrogens is 1. The lowest BCUT2D eigenvalue weighted by molar-refractivity contribution is -0.384. The normalized spacial score (nSPS) is 17.6. The maximum absolute atomic E-state index is 13.2. The average molecular weight is 515 g/mol. The minimum Gasteiger partial charge on any atom is -0.433 e. The fourth-order valence-electron chi connectivity index (χ4n) is 4.96. The van der Waals surface area contributed by atoms with Gasteiger partial charge in [0.15, 0.2) is 0 Å². The predicted octanol–water partition coefficient (Wildman–Crippen LogP) is 3.48. The highest BCUT2D eigenvalue weighted by molar-refractivity contribution is 6.52. The number of nitrogens with one attached hydrogen (secondary N) is 2. The van der Waals surface area contributed by atoms with Gasteiger partial charge in [-0.25, -0.2) is 4.98 Å². The molecule has 0 atom stereocenters. The fraction of sp³-hybridized carbons (Fsp3) is 0.500. The Kier molecular flexibility index (Phi) is 8.66. The third-order valence-corrected chi connectivity index (χ3v) is 7.08. The molecule has 0 radical (unpaired) electrons. The molecule has 2 aliphatic heterocycles. The topological polar surface area (TPSA) is 124 Å². The summed E-state index contributed by atoms with van der Waals surface area (Å²) >= 11 is 5.91. The summed E-state index contributed by atoms with van der Waals surface area (Å²) in [6.07, 6.45) is 4.89. The number of likely N-dealkylation sites (tertiary alicyclic amines) is 2. The molecule has 4 rings (SSSR count). The van der Waals surface area contributed by atoms with Crippen molar-refractivity contribution < 1.29 is 14.7 Å². The van der Waals surface area contributed by atoms with E-state index in [0.717, 1.165) is 50.9 Å². The highest BCUT2D eigenvalue weighted by atomic mass is 35.5. The number of hydrogen-bond acceptors (Lipinski definition) is 8. The molecular weight excluding hydrogens is 483 g/mol. The van der Waals surface area contributed by atoms with Crippen LogP contribution in [0.25, 0.3) is 0 Å². The van der Waals surface area contributed by atoms with Gasteiger partial charge in [0.05, 0.1) is 4.92 Å². The summed E-state index contributed by atoms with van der Waals surface area (Å²) in [5.74, 6) is 0.905. The lowest BCUT2D eigenvalue weighted by Gasteiger charge is -2.37. The second kappa shape index (κ2) is 11.9. The number of anilines is 2. The molecule has 0 bridgehead atoms. The van der Waals surface area contributed by atoms with Gasteiger partial charge in [-0.15, -0.1) is 0 Å². The molecule has 2 saturated heterocycles. The largest absolute Gasteiger partial charge is 0.433 e. The first-order valence-corrected chi connectivity index (χ1v) is 12.8. The van der Waals surface area contributed by atoms with Gasteiger partial charge in [-0.3, -0.25) is 19.8 Å². The van der Waals surface area contributed by atoms with Crippen molar-refractivity contribution in [3.8, 4) is 0 Å². The van der Waals surface area contributed by atoms with Gasteiger partial charge >= 0.3 is 7.05 Å². The van der Waals surface area contributed by atoms with Crippen molar-refractivity contribution in [3.63, 3.8) is 0 Å². The van der Waals surface area contributed by atoms with E-state index in [9.17, 15) is 19.9 Å². The zero-order valence-electron chi connectivity index (χ0n) is 20.4. The third kappa shape index (κ3) is 6.86. The molecule has 0 aliphatic carbocycles. The quantitative estimate of drug-likeness (QED) is 0.278. The van der Waals surface area contributed by atoms with Crippen molar-refractivity contribution in [2.75, 3.05) is 36.7 Å². The number of amides is 1. The summed E-state index contributed by atoms with van der Waals surface area (Å²) in [4.78, 5) is 32.6. The van der Waals surface area contributed by atoms with E-state index < -0.39 is 12.0 Å². The zero-order chi connectivity index (χ0) is 25.7. The highest BCUT2D eigenvalue weighted by Gasteiger charge is 2.31. The molecule has 2 aromatic rings. The number of nitrogens with zero attached hydrogens (tertiary/aromatic N) is 4. The summed E-state index contributed by atoms with van der Waals surface area (Å²) in [5, 5.41) is 27.4. The van der Waals surface area contributed by atoms with Crippen LogP contribution in [-0.4, -0.2) is 69.9 Å². The lowest BCUT2D eigenvalue weighted by Crippen LogP contribution is -2.47. The number of benzene rings is 1. The molecule has 0 spiro atoms. The van der Waals surface area contributed by atoms with Crippen LogP contribution in [-0.2, 0) is 11.3 Å². The molecule has 12 heteroatoms. The molecule has 1 aromatic heterocycles. The maximum atomic E-state index is 13.2. The molecule has 36 heavy (non-hydrogen) atoms. The molecule has 1 aromatic carbocycles. The van der Waals surface area contributed by atoms with Crippen molar-refractivity contribution in [2.24, 2.45) is 5.92 Å². The van der Waals surface area contributed by atoms with Gasteiger partial charge in [0.25, 0.3) is 5.69 Å². The summed E-state index contributed by atoms with van der Waals surface area (Å²) in [6.45, 7) is 5.45. The molecule has 0 saturated carbocycles. The maximum Gasteiger partial charge on any atom is 0.408 e. The molecule has 10 nitrogen and oxygen atoms in total. The number of pyridine rings is 1. The number of carbonyl (C=O) groups is 1. The number of piperidine rings is 2. The molecule has 3 N–H and O–H groups in total. The molecule has 192 valence electrons. The van der Waals surface area contributed by atoms with Crippen LogP contribution in [0.1, 0.15) is 31.2 Å². The molecule has 2 fully saturated rings. The van der Waals surface area contributed by atoms with Crippen LogP contribution < -0.4 is 10.5 Å². The minimum absolute atomic E-state index is 0.0324. The number of halogens is 1. The first kappa shape index (κ1) is 26.2. The van der Waals surface area contributed by atoms with Crippen LogP contribution in [0.15, 0.2) is 36.5 Å². The number of carbonyl (C=O) groups excluding carboxylic acids is 1. The van der Waals surface area contributed by atoms with E-state index in [2.05, 4.69) is 20.4 Å². The Morgan fingerprint density at radius 2 is 1.92 bits per heavy atom. The van der Waals surface area contributed by atoms with Crippen LogP contribution in [0.2, 0.25) is 11.8 Å². The first-order valence-electron chi connectivity index (χ1n) is 12.4. The summed E-state index contributed by atoms with van der Waals surface area (Å²) < 4.78 is 0. The van der Waals surface area contributed by atoms with Crippen LogP contribution in [0.4, 0.5) is 17.2 Å². The smallest absolute Gasteiger partial charge is 0.408 e. The van der Waals surface area contributed by atoms with E-state index >= 15 is 0 Å². The standard InChI is InChI=1S/C24H32BClN6O4/c1-25(34)29-23-14-17(4-9-27-23)16-30-10-5-18(6-11-30)24(33)31-12-7-20(8-13-31)28-21-3-2-19(26)15-22(21)32(35)36/h2-4,9,14-15,18,20,28,34H,5-8,10-13,16H2,1H3,(H,27,29). The van der Waals surface area contributed by atoms with E-state index in [1.807, 2.05) is 17.0 Å². The number of rotatable bonds is 8. The average Bonchev–Trinajstić information content (AvgIpc) is 2.85. The van der Waals surface area contributed by atoms with Crippen LogP contribution in [0.5, 0.6) is 0 Å². The van der Waals surface area contributed by atoms with Crippen molar-refractivity contribution >= 4 is 41.8 Å². The second-order valence-electron chi connectivity index (χ2n) is 9.58. The minimum atomic E-state index is -0.661. The predicted molar refractivity (Wildman–Crippen MR) is 141 cm³/mol. The number of nitro benzene ring substituents is 1. The van der Waals surface area contributed by atoms with Crippen LogP contribution in [0.3, 0.4) is 0 Å². The van der Waals surface area contributed by atoms with Gasteiger partial charge in [-0.1, -0.05) is 11.6 Å². The molecule has 2 aliphatic rings. The van der Waals surface area contributed by atoms with E-state index in [0.29, 0.717) is 29.6 Å². The van der Waals surface area contributed by atoms with Gasteiger partial charge in [0.1, 0.15) is 11.5 Å². The first-order chi connectivity index (χ1) is 17.3. The van der Waals surface area contributed by atoms with Crippen LogP contribution >= 0.6 is 11.6 Å². The summed E-state index contributed by atoms with van der Waals surface area (Å²) in [5.41, 5.74) is 1.55. The van der Waals surface area contributed by atoms with E-state index in [4.69, 9.17) is 11.6 Å². The van der Waals surface area contributed by atoms with Gasteiger partial charge in [0.2, 0.25) is 5.91 Å². The Morgan fingerprint density at radius 3 is 2.58 bits per heavy atom. The molecule has 0 unspecified atom stereocenters. The monoisotopic (exact) mass is 514 g/mol. The van der Waals surface area contributed by atoms with E-state index in [1.165, 1.54) is 6.07 Å². The van der Waals surface area contributed by atoms with Crippen molar-refractivity contribution in [1.82, 2.24) is 14.8 Å². The van der Waals surface area contributed by atoms with E-state index in [1.54, 1.807) is 25.2 Å². The molecular formula is C24H32BClN6O4. The zero-order valence-corrected chi connectivity index (χ0v) is 21.2. The lowest BCUT2D eigenvalue weighted by atomic mass is 9.89. The van der Waals surface area contributed by atoms with Gasteiger partial charge in [-0.05, 0) is 75.4 Å². The van der Waals surface area contributed by atoms with E-state index in [-0.39, 0.29) is 23.6 Å². The molecule has 3 heterocycles. The van der Waals surface area contributed by atoms with Gasteiger partial charge in [0, 0.05) is 48.9 Å². The van der Waals surface area contributed by atoms with Crippen molar-refractivity contribution in [1.29, 1.82) is 0 Å². The Bertz CT molecular complexity index is 1070. The Labute approximate surface area is 216 Å². The Morgan fingerprint density at radius 1 is 1.19 bits per heavy atom. The molecule has 1 amide bonds. The Balaban J connectivity index is 1.23. The fourth-order valence-corrected chi connectivity index (χ4v) is 5.13. The summed E-state index contributed by atoms with van der Waals surface area (Å²) in [7, 11) is -0.661.